The van der Waals surface area contributed by atoms with Crippen molar-refractivity contribution < 1.29 is 24.2 Å². The van der Waals surface area contributed by atoms with Gasteiger partial charge in [-0.2, -0.15) is 0 Å². The predicted molar refractivity (Wildman–Crippen MR) is 132 cm³/mol. The number of aliphatic hydroxyl groups excluding tert-OH is 1. The molecule has 0 fully saturated rings. The fourth-order valence-corrected chi connectivity index (χ4v) is 4.06. The van der Waals surface area contributed by atoms with Gasteiger partial charge in [0.25, 0.3) is 5.91 Å². The van der Waals surface area contributed by atoms with Crippen molar-refractivity contribution in [2.24, 2.45) is 0 Å². The van der Waals surface area contributed by atoms with Crippen molar-refractivity contribution in [1.29, 1.82) is 0 Å². The number of aromatic nitrogens is 1. The summed E-state index contributed by atoms with van der Waals surface area (Å²) in [5, 5.41) is 10.8. The molecule has 0 saturated heterocycles. The van der Waals surface area contributed by atoms with Crippen LogP contribution in [0, 0.1) is 0 Å². The Morgan fingerprint density at radius 3 is 2.60 bits per heavy atom. The number of amides is 1. The number of ether oxygens (including phenoxy) is 2. The highest BCUT2D eigenvalue weighted by Crippen LogP contribution is 2.41. The van der Waals surface area contributed by atoms with Crippen molar-refractivity contribution in [2.45, 2.75) is 19.5 Å². The van der Waals surface area contributed by atoms with E-state index in [0.29, 0.717) is 23.7 Å². The van der Waals surface area contributed by atoms with Crippen LogP contribution in [0.25, 0.3) is 6.08 Å². The smallest absolute Gasteiger partial charge is 0.290 e. The third kappa shape index (κ3) is 5.09. The highest BCUT2D eigenvalue weighted by Gasteiger charge is 2.43. The summed E-state index contributed by atoms with van der Waals surface area (Å²) in [6.07, 6.45) is 6.33. The van der Waals surface area contributed by atoms with Crippen LogP contribution in [0.1, 0.15) is 29.7 Å². The fraction of sp³-hybridized carbons (Fsp3) is 0.179. The van der Waals surface area contributed by atoms with Gasteiger partial charge in [-0.05, 0) is 47.9 Å². The molecular weight excluding hydrogens is 444 g/mol. The summed E-state index contributed by atoms with van der Waals surface area (Å²) in [5.41, 5.74) is 2.22. The number of carbonyl (C=O) groups is 2. The summed E-state index contributed by atoms with van der Waals surface area (Å²) in [5.74, 6) is -0.619. The Morgan fingerprint density at radius 1 is 1.11 bits per heavy atom. The molecular formula is C28H26N2O5. The number of carbonyl (C=O) groups excluding carboxylic acids is 2. The van der Waals surface area contributed by atoms with Crippen LogP contribution in [0.4, 0.5) is 0 Å². The molecule has 0 bridgehead atoms. The first-order chi connectivity index (χ1) is 17.0. The first-order valence-electron chi connectivity index (χ1n) is 11.2. The molecule has 0 aliphatic carbocycles. The molecule has 3 aromatic rings. The molecule has 1 aliphatic heterocycles. The second-order valence-electron chi connectivity index (χ2n) is 7.91. The van der Waals surface area contributed by atoms with Crippen LogP contribution in [0.3, 0.4) is 0 Å². The first-order valence-corrected chi connectivity index (χ1v) is 11.2. The Morgan fingerprint density at radius 2 is 1.91 bits per heavy atom. The summed E-state index contributed by atoms with van der Waals surface area (Å²) in [7, 11) is 1.52. The van der Waals surface area contributed by atoms with Crippen molar-refractivity contribution in [2.75, 3.05) is 13.7 Å². The number of methoxy groups -OCH3 is 1. The molecule has 1 aliphatic rings. The van der Waals surface area contributed by atoms with E-state index in [4.69, 9.17) is 9.47 Å². The van der Waals surface area contributed by atoms with E-state index >= 15 is 0 Å². The van der Waals surface area contributed by atoms with Crippen LogP contribution >= 0.6 is 0 Å². The van der Waals surface area contributed by atoms with Gasteiger partial charge in [0.1, 0.15) is 0 Å². The maximum absolute atomic E-state index is 13.3. The molecule has 7 nitrogen and oxygen atoms in total. The van der Waals surface area contributed by atoms with Crippen LogP contribution < -0.4 is 9.47 Å². The lowest BCUT2D eigenvalue weighted by atomic mass is 9.95. The summed E-state index contributed by atoms with van der Waals surface area (Å²) in [4.78, 5) is 32.1. The quantitative estimate of drug-likeness (QED) is 0.458. The minimum Gasteiger partial charge on any atom is -0.503 e. The number of benzene rings is 2. The zero-order valence-electron chi connectivity index (χ0n) is 19.5. The van der Waals surface area contributed by atoms with E-state index in [0.717, 1.165) is 11.1 Å². The van der Waals surface area contributed by atoms with Gasteiger partial charge in [-0.1, -0.05) is 48.5 Å². The third-order valence-electron chi connectivity index (χ3n) is 5.67. The molecule has 7 heteroatoms. The monoisotopic (exact) mass is 470 g/mol. The van der Waals surface area contributed by atoms with E-state index in [1.807, 2.05) is 43.3 Å². The molecule has 35 heavy (non-hydrogen) atoms. The van der Waals surface area contributed by atoms with Crippen LogP contribution in [0.2, 0.25) is 0 Å². The van der Waals surface area contributed by atoms with E-state index in [1.54, 1.807) is 42.7 Å². The molecule has 2 aromatic carbocycles. The molecule has 4 rings (SSSR count). The molecule has 1 atom stereocenters. The summed E-state index contributed by atoms with van der Waals surface area (Å²) < 4.78 is 11.1. The molecule has 178 valence electrons. The average molecular weight is 471 g/mol. The summed E-state index contributed by atoms with van der Waals surface area (Å²) in [6.45, 7) is 2.49. The standard InChI is InChI=1S/C28H26N2O5/c1-3-35-23-14-12-21(16-24(23)34-2)26-25(22(31)13-11-19-8-5-4-6-9-19)27(32)28(33)30(26)18-20-10-7-15-29-17-20/h4-17,26,32H,3,18H2,1-2H3. The van der Waals surface area contributed by atoms with Gasteiger partial charge in [-0.15, -0.1) is 0 Å². The van der Waals surface area contributed by atoms with Gasteiger partial charge in [0.15, 0.2) is 23.0 Å². The Labute approximate surface area is 203 Å². The largest absolute Gasteiger partial charge is 0.503 e. The number of pyridine rings is 1. The number of rotatable bonds is 9. The zero-order valence-corrected chi connectivity index (χ0v) is 19.5. The van der Waals surface area contributed by atoms with E-state index in [1.165, 1.54) is 18.1 Å². The summed E-state index contributed by atoms with van der Waals surface area (Å²) >= 11 is 0. The lowest BCUT2D eigenvalue weighted by Gasteiger charge is -2.27. The fourth-order valence-electron chi connectivity index (χ4n) is 4.06. The Kier molecular flexibility index (Phi) is 7.26. The van der Waals surface area contributed by atoms with Gasteiger partial charge < -0.3 is 19.5 Å². The molecule has 0 saturated carbocycles. The zero-order chi connectivity index (χ0) is 24.8. The molecule has 1 aromatic heterocycles. The maximum Gasteiger partial charge on any atom is 0.290 e. The molecule has 1 unspecified atom stereocenters. The van der Waals surface area contributed by atoms with Gasteiger partial charge in [-0.25, -0.2) is 0 Å². The topological polar surface area (TPSA) is 89.0 Å². The maximum atomic E-state index is 13.3. The highest BCUT2D eigenvalue weighted by molar-refractivity contribution is 6.14. The SMILES string of the molecule is CCOc1ccc(C2C(C(=O)C=Cc3ccccc3)=C(O)C(=O)N2Cc2cccnc2)cc1OC. The van der Waals surface area contributed by atoms with Crippen LogP contribution in [0.15, 0.2) is 90.5 Å². The number of nitrogens with zero attached hydrogens (tertiary/aromatic N) is 2. The minimum absolute atomic E-state index is 0.0114. The Balaban J connectivity index is 1.76. The van der Waals surface area contributed by atoms with Gasteiger partial charge in [-0.3, -0.25) is 14.6 Å². The van der Waals surface area contributed by atoms with Crippen molar-refractivity contribution in [3.8, 4) is 11.5 Å². The minimum atomic E-state index is -0.819. The Bertz CT molecular complexity index is 1270. The number of hydrogen-bond donors (Lipinski definition) is 1. The van der Waals surface area contributed by atoms with E-state index in [-0.39, 0.29) is 12.1 Å². The van der Waals surface area contributed by atoms with Gasteiger partial charge in [0.05, 0.1) is 25.3 Å². The number of allylic oxidation sites excluding steroid dienone is 1. The van der Waals surface area contributed by atoms with Crippen LogP contribution in [-0.4, -0.2) is 40.4 Å². The predicted octanol–water partition coefficient (Wildman–Crippen LogP) is 4.67. The lowest BCUT2D eigenvalue weighted by molar-refractivity contribution is -0.130. The van der Waals surface area contributed by atoms with Crippen LogP contribution in [0.5, 0.6) is 11.5 Å². The first kappa shape index (κ1) is 23.8. The van der Waals surface area contributed by atoms with Crippen molar-refractivity contribution >= 4 is 17.8 Å². The van der Waals surface area contributed by atoms with Gasteiger partial charge in [0.2, 0.25) is 0 Å². The third-order valence-corrected chi connectivity index (χ3v) is 5.67. The van der Waals surface area contributed by atoms with Crippen molar-refractivity contribution in [1.82, 2.24) is 9.88 Å². The molecule has 0 spiro atoms. The number of aliphatic hydroxyl groups is 1. The average Bonchev–Trinajstić information content (AvgIpc) is 3.14. The molecule has 0 radical (unpaired) electrons. The van der Waals surface area contributed by atoms with E-state index in [9.17, 15) is 14.7 Å². The second-order valence-corrected chi connectivity index (χ2v) is 7.91. The summed E-state index contributed by atoms with van der Waals surface area (Å²) in [6, 6.07) is 17.4. The Hall–Kier alpha value is -4.39. The molecule has 1 amide bonds. The van der Waals surface area contributed by atoms with Crippen LogP contribution in [-0.2, 0) is 16.1 Å². The number of hydrogen-bond acceptors (Lipinski definition) is 6. The second kappa shape index (κ2) is 10.7. The van der Waals surface area contributed by atoms with Gasteiger partial charge in [0, 0.05) is 18.9 Å². The van der Waals surface area contributed by atoms with E-state index in [2.05, 4.69) is 4.98 Å². The van der Waals surface area contributed by atoms with E-state index < -0.39 is 23.5 Å². The van der Waals surface area contributed by atoms with Crippen molar-refractivity contribution in [3.05, 3.63) is 107 Å². The number of ketones is 1. The highest BCUT2D eigenvalue weighted by atomic mass is 16.5. The van der Waals surface area contributed by atoms with Gasteiger partial charge >= 0.3 is 0 Å². The lowest BCUT2D eigenvalue weighted by Crippen LogP contribution is -2.30. The normalized spacial score (nSPS) is 15.7. The molecule has 2 heterocycles. The molecule has 1 N–H and O–H groups in total. The van der Waals surface area contributed by atoms with Crippen molar-refractivity contribution in [3.63, 3.8) is 0 Å².